The number of nitrogens with zero attached hydrogens (tertiary/aromatic N) is 1. The fourth-order valence-corrected chi connectivity index (χ4v) is 4.27. The van der Waals surface area contributed by atoms with Gasteiger partial charge in [0.25, 0.3) is 10.0 Å². The molecule has 3 aromatic rings. The Hall–Kier alpha value is -2.71. The second-order valence-electron chi connectivity index (χ2n) is 5.22. The first-order valence-electron chi connectivity index (χ1n) is 7.26. The van der Waals surface area contributed by atoms with Gasteiger partial charge in [-0.25, -0.2) is 18.2 Å². The molecule has 0 saturated carbocycles. The number of thiazole rings is 1. The lowest BCUT2D eigenvalue weighted by Gasteiger charge is -2.08. The lowest BCUT2D eigenvalue weighted by atomic mass is 10.2. The molecule has 0 atom stereocenters. The zero-order valence-electron chi connectivity index (χ0n) is 13.1. The second kappa shape index (κ2) is 6.66. The third-order valence-corrected chi connectivity index (χ3v) is 5.75. The van der Waals surface area contributed by atoms with Crippen LogP contribution in [-0.2, 0) is 10.0 Å². The lowest BCUT2D eigenvalue weighted by molar-refractivity contribution is 0.0696. The van der Waals surface area contributed by atoms with E-state index in [9.17, 15) is 13.2 Å². The van der Waals surface area contributed by atoms with Gasteiger partial charge in [0.05, 0.1) is 20.3 Å². The smallest absolute Gasteiger partial charge is 0.335 e. The van der Waals surface area contributed by atoms with Crippen molar-refractivity contribution in [2.75, 3.05) is 4.72 Å². The van der Waals surface area contributed by atoms with Crippen molar-refractivity contribution in [3.63, 3.8) is 0 Å². The number of aromatic carboxylic acids is 1. The molecule has 6 nitrogen and oxygen atoms in total. The van der Waals surface area contributed by atoms with E-state index in [4.69, 9.17) is 5.11 Å². The summed E-state index contributed by atoms with van der Waals surface area (Å²) in [4.78, 5) is 15.9. The van der Waals surface area contributed by atoms with Crippen molar-refractivity contribution in [3.05, 3.63) is 65.2 Å². The highest BCUT2D eigenvalue weighted by Gasteiger charge is 2.20. The molecule has 25 heavy (non-hydrogen) atoms. The zero-order chi connectivity index (χ0) is 18.0. The van der Waals surface area contributed by atoms with Crippen molar-refractivity contribution in [3.8, 4) is 10.4 Å². The van der Waals surface area contributed by atoms with Crippen molar-refractivity contribution in [2.45, 2.75) is 11.8 Å². The summed E-state index contributed by atoms with van der Waals surface area (Å²) >= 11 is 1.38. The van der Waals surface area contributed by atoms with Crippen LogP contribution in [0.4, 0.5) is 5.82 Å². The molecule has 0 aliphatic rings. The quantitative estimate of drug-likeness (QED) is 0.711. The van der Waals surface area contributed by atoms with Crippen LogP contribution in [0, 0.1) is 6.92 Å². The van der Waals surface area contributed by atoms with Crippen LogP contribution in [0.1, 0.15) is 15.4 Å². The van der Waals surface area contributed by atoms with E-state index in [0.717, 1.165) is 16.6 Å². The number of sulfonamides is 1. The number of carbonyl (C=O) groups is 1. The molecule has 0 saturated heterocycles. The molecule has 0 aliphatic heterocycles. The van der Waals surface area contributed by atoms with Gasteiger partial charge in [0, 0.05) is 0 Å². The van der Waals surface area contributed by atoms with Crippen LogP contribution < -0.4 is 4.72 Å². The number of carboxylic acids is 1. The molecule has 0 fully saturated rings. The standard InChI is InChI=1S/C17H14N2O4S2/c1-11-18-16(15(24-11)12-6-3-2-4-7-12)19-25(22,23)14-9-5-8-13(10-14)17(20)21/h2-10,19H,1H3,(H,20,21). The molecular formula is C17H14N2O4S2. The van der Waals surface area contributed by atoms with E-state index in [1.54, 1.807) is 6.92 Å². The Bertz CT molecular complexity index is 1030. The van der Waals surface area contributed by atoms with Crippen LogP contribution in [0.25, 0.3) is 10.4 Å². The first-order chi connectivity index (χ1) is 11.9. The summed E-state index contributed by atoms with van der Waals surface area (Å²) in [7, 11) is -3.96. The monoisotopic (exact) mass is 374 g/mol. The number of rotatable bonds is 5. The Morgan fingerprint density at radius 1 is 1.12 bits per heavy atom. The first-order valence-corrected chi connectivity index (χ1v) is 9.56. The SMILES string of the molecule is Cc1nc(NS(=O)(=O)c2cccc(C(=O)O)c2)c(-c2ccccc2)s1. The third kappa shape index (κ3) is 3.70. The van der Waals surface area contributed by atoms with Crippen LogP contribution in [0.3, 0.4) is 0 Å². The maximum Gasteiger partial charge on any atom is 0.335 e. The van der Waals surface area contributed by atoms with Gasteiger partial charge in [0.15, 0.2) is 5.82 Å². The molecule has 128 valence electrons. The fraction of sp³-hybridized carbons (Fsp3) is 0.0588. The predicted octanol–water partition coefficient (Wildman–Crippen LogP) is 3.62. The number of hydrogen-bond donors (Lipinski definition) is 2. The molecule has 1 heterocycles. The molecule has 3 rings (SSSR count). The first kappa shape index (κ1) is 17.1. The Kier molecular flexibility index (Phi) is 4.56. The molecular weight excluding hydrogens is 360 g/mol. The summed E-state index contributed by atoms with van der Waals surface area (Å²) in [6.45, 7) is 1.79. The van der Waals surface area contributed by atoms with Crippen LogP contribution in [0.15, 0.2) is 59.5 Å². The summed E-state index contributed by atoms with van der Waals surface area (Å²) in [5, 5.41) is 9.75. The van der Waals surface area contributed by atoms with Crippen molar-refractivity contribution in [2.24, 2.45) is 0 Å². The van der Waals surface area contributed by atoms with Gasteiger partial charge >= 0.3 is 5.97 Å². The van der Waals surface area contributed by atoms with Crippen molar-refractivity contribution < 1.29 is 18.3 Å². The number of carboxylic acid groups (broad SMARTS) is 1. The molecule has 0 amide bonds. The fourth-order valence-electron chi connectivity index (χ4n) is 2.26. The minimum atomic E-state index is -3.96. The molecule has 1 aromatic heterocycles. The average Bonchev–Trinajstić information content (AvgIpc) is 2.95. The predicted molar refractivity (Wildman–Crippen MR) is 96.5 cm³/mol. The summed E-state index contributed by atoms with van der Waals surface area (Å²) < 4.78 is 27.7. The zero-order valence-corrected chi connectivity index (χ0v) is 14.8. The minimum absolute atomic E-state index is 0.0967. The van der Waals surface area contributed by atoms with Crippen LogP contribution in [-0.4, -0.2) is 24.5 Å². The van der Waals surface area contributed by atoms with Crippen LogP contribution >= 0.6 is 11.3 Å². The van der Waals surface area contributed by atoms with Gasteiger partial charge in [-0.2, -0.15) is 0 Å². The van der Waals surface area contributed by atoms with E-state index < -0.39 is 16.0 Å². The highest BCUT2D eigenvalue weighted by atomic mass is 32.2. The maximum atomic E-state index is 12.6. The van der Waals surface area contributed by atoms with E-state index in [1.807, 2.05) is 30.3 Å². The van der Waals surface area contributed by atoms with E-state index in [0.29, 0.717) is 4.88 Å². The molecule has 8 heteroatoms. The number of anilines is 1. The lowest BCUT2D eigenvalue weighted by Crippen LogP contribution is -2.14. The van der Waals surface area contributed by atoms with E-state index in [1.165, 1.54) is 29.5 Å². The maximum absolute atomic E-state index is 12.6. The summed E-state index contributed by atoms with van der Waals surface area (Å²) in [6.07, 6.45) is 0. The highest BCUT2D eigenvalue weighted by Crippen LogP contribution is 2.34. The number of aryl methyl sites for hydroxylation is 1. The number of hydrogen-bond acceptors (Lipinski definition) is 5. The largest absolute Gasteiger partial charge is 0.478 e. The van der Waals surface area contributed by atoms with E-state index >= 15 is 0 Å². The average molecular weight is 374 g/mol. The molecule has 0 unspecified atom stereocenters. The molecule has 0 radical (unpaired) electrons. The normalized spacial score (nSPS) is 11.2. The topological polar surface area (TPSA) is 96.4 Å². The third-order valence-electron chi connectivity index (χ3n) is 3.39. The van der Waals surface area contributed by atoms with Crippen molar-refractivity contribution in [1.82, 2.24) is 4.98 Å². The van der Waals surface area contributed by atoms with Gasteiger partial charge in [-0.3, -0.25) is 4.72 Å². The minimum Gasteiger partial charge on any atom is -0.478 e. The highest BCUT2D eigenvalue weighted by molar-refractivity contribution is 7.92. The summed E-state index contributed by atoms with van der Waals surface area (Å²) in [5.41, 5.74) is 0.755. The van der Waals surface area contributed by atoms with Gasteiger partial charge < -0.3 is 5.11 Å². The van der Waals surface area contributed by atoms with Crippen LogP contribution in [0.5, 0.6) is 0 Å². The molecule has 0 spiro atoms. The van der Waals surface area contributed by atoms with Gasteiger partial charge in [0.1, 0.15) is 0 Å². The number of nitrogens with one attached hydrogen (secondary N) is 1. The van der Waals surface area contributed by atoms with Gasteiger partial charge in [-0.1, -0.05) is 36.4 Å². The number of aromatic nitrogens is 1. The number of benzene rings is 2. The summed E-state index contributed by atoms with van der Waals surface area (Å²) in [6, 6.07) is 14.5. The Morgan fingerprint density at radius 3 is 2.52 bits per heavy atom. The molecule has 2 N–H and O–H groups in total. The summed E-state index contributed by atoms with van der Waals surface area (Å²) in [5.74, 6) is -0.957. The molecule has 2 aromatic carbocycles. The van der Waals surface area contributed by atoms with E-state index in [-0.39, 0.29) is 16.3 Å². The van der Waals surface area contributed by atoms with Gasteiger partial charge in [-0.15, -0.1) is 11.3 Å². The Balaban J connectivity index is 2.00. The van der Waals surface area contributed by atoms with Gasteiger partial charge in [-0.05, 0) is 30.7 Å². The van der Waals surface area contributed by atoms with E-state index in [2.05, 4.69) is 9.71 Å². The van der Waals surface area contributed by atoms with Crippen molar-refractivity contribution >= 4 is 33.1 Å². The molecule has 0 aliphatic carbocycles. The Labute approximate surface area is 148 Å². The molecule has 0 bridgehead atoms. The van der Waals surface area contributed by atoms with Gasteiger partial charge in [0.2, 0.25) is 0 Å². The van der Waals surface area contributed by atoms with Crippen LogP contribution in [0.2, 0.25) is 0 Å². The van der Waals surface area contributed by atoms with Crippen molar-refractivity contribution in [1.29, 1.82) is 0 Å². The Morgan fingerprint density at radius 2 is 1.84 bits per heavy atom. The second-order valence-corrected chi connectivity index (χ2v) is 8.10.